The maximum Gasteiger partial charge on any atom is 0.416 e. The minimum absolute atomic E-state index is 0.0541. The Balaban J connectivity index is 2.08. The number of nitrogens with zero attached hydrogens (tertiary/aromatic N) is 2. The number of carbonyl (C=O) groups is 1. The van der Waals surface area contributed by atoms with E-state index in [0.29, 0.717) is 23.2 Å². The van der Waals surface area contributed by atoms with Crippen molar-refractivity contribution in [2.75, 3.05) is 5.32 Å². The highest BCUT2D eigenvalue weighted by Crippen LogP contribution is 2.37. The number of pyridine rings is 2. The number of alkyl halides is 6. The molecule has 0 unspecified atom stereocenters. The van der Waals surface area contributed by atoms with Gasteiger partial charge in [-0.05, 0) is 43.3 Å². The average molecular weight is 429 g/mol. The number of hydrogen-bond acceptors (Lipinski definition) is 3. The summed E-state index contributed by atoms with van der Waals surface area (Å²) in [5.74, 6) is -1.14. The highest BCUT2D eigenvalue weighted by Gasteiger charge is 2.37. The molecule has 30 heavy (non-hydrogen) atoms. The lowest BCUT2D eigenvalue weighted by Crippen LogP contribution is -2.29. The van der Waals surface area contributed by atoms with Gasteiger partial charge >= 0.3 is 12.4 Å². The summed E-state index contributed by atoms with van der Waals surface area (Å²) in [4.78, 5) is 29.2. The predicted octanol–water partition coefficient (Wildman–Crippen LogP) is 4.71. The quantitative estimate of drug-likeness (QED) is 0.614. The number of anilines is 1. The first-order valence-electron chi connectivity index (χ1n) is 8.51. The molecule has 0 saturated heterocycles. The van der Waals surface area contributed by atoms with Gasteiger partial charge in [-0.3, -0.25) is 14.2 Å². The van der Waals surface area contributed by atoms with E-state index in [9.17, 15) is 35.9 Å². The van der Waals surface area contributed by atoms with E-state index in [1.54, 1.807) is 19.1 Å². The number of hydrogen-bond donors (Lipinski definition) is 1. The van der Waals surface area contributed by atoms with Gasteiger partial charge in [0.1, 0.15) is 11.2 Å². The molecule has 0 bridgehead atoms. The summed E-state index contributed by atoms with van der Waals surface area (Å²) in [6.07, 6.45) is -8.69. The molecule has 0 spiro atoms. The number of carbonyl (C=O) groups excluding carboxylic acids is 1. The lowest BCUT2D eigenvalue weighted by Gasteiger charge is -2.15. The number of amides is 1. The second kappa shape index (κ2) is 7.47. The van der Waals surface area contributed by atoms with Crippen LogP contribution in [-0.2, 0) is 18.9 Å². The molecule has 1 N–H and O–H groups in total. The number of aryl methyl sites for hydroxylation is 1. The fraction of sp³-hybridized carbons (Fsp3) is 0.211. The molecular weight excluding hydrogens is 416 g/mol. The number of benzene rings is 1. The van der Waals surface area contributed by atoms with Gasteiger partial charge in [-0.2, -0.15) is 26.3 Å². The van der Waals surface area contributed by atoms with Crippen molar-refractivity contribution in [1.29, 1.82) is 0 Å². The SMILES string of the molecule is CCn1c(=O)c(C(=O)Nc2cc(C(F)(F)F)cc(C(F)(F)F)c2)cc2cccnc21. The zero-order valence-corrected chi connectivity index (χ0v) is 15.2. The molecule has 0 radical (unpaired) electrons. The summed E-state index contributed by atoms with van der Waals surface area (Å²) < 4.78 is 79.1. The standard InChI is InChI=1S/C19H13F6N3O2/c1-2-28-15-10(4-3-5-26-15)6-14(17(28)30)16(29)27-13-8-11(18(20,21)22)7-12(9-13)19(23,24)25/h3-9H,2H2,1H3,(H,27,29). The van der Waals surface area contributed by atoms with Crippen molar-refractivity contribution >= 4 is 22.6 Å². The number of aromatic nitrogens is 2. The zero-order valence-electron chi connectivity index (χ0n) is 15.2. The van der Waals surface area contributed by atoms with Gasteiger partial charge in [-0.15, -0.1) is 0 Å². The Kier molecular flexibility index (Phi) is 5.31. The molecule has 11 heteroatoms. The number of nitrogens with one attached hydrogen (secondary N) is 1. The van der Waals surface area contributed by atoms with Crippen molar-refractivity contribution in [1.82, 2.24) is 9.55 Å². The Hall–Kier alpha value is -3.37. The number of fused-ring (bicyclic) bond motifs is 1. The molecule has 3 aromatic rings. The lowest BCUT2D eigenvalue weighted by molar-refractivity contribution is -0.143. The van der Waals surface area contributed by atoms with E-state index >= 15 is 0 Å². The van der Waals surface area contributed by atoms with Crippen LogP contribution in [0.4, 0.5) is 32.0 Å². The molecule has 5 nitrogen and oxygen atoms in total. The second-order valence-corrected chi connectivity index (χ2v) is 6.27. The fourth-order valence-electron chi connectivity index (χ4n) is 2.89. The third-order valence-electron chi connectivity index (χ3n) is 4.25. The van der Waals surface area contributed by atoms with E-state index in [4.69, 9.17) is 0 Å². The van der Waals surface area contributed by atoms with Gasteiger partial charge in [-0.25, -0.2) is 4.98 Å². The largest absolute Gasteiger partial charge is 0.416 e. The van der Waals surface area contributed by atoms with Crippen LogP contribution < -0.4 is 10.9 Å². The molecule has 0 saturated carbocycles. The smallest absolute Gasteiger partial charge is 0.322 e. The van der Waals surface area contributed by atoms with Crippen LogP contribution in [0.25, 0.3) is 11.0 Å². The monoisotopic (exact) mass is 429 g/mol. The molecular formula is C19H13F6N3O2. The summed E-state index contributed by atoms with van der Waals surface area (Å²) in [6, 6.07) is 4.99. The summed E-state index contributed by atoms with van der Waals surface area (Å²) in [7, 11) is 0. The molecule has 3 rings (SSSR count). The normalized spacial score (nSPS) is 12.2. The fourth-order valence-corrected chi connectivity index (χ4v) is 2.89. The van der Waals surface area contributed by atoms with Gasteiger partial charge in [0.25, 0.3) is 11.5 Å². The summed E-state index contributed by atoms with van der Waals surface area (Å²) in [5, 5.41) is 2.37. The third kappa shape index (κ3) is 4.14. The molecule has 1 aromatic carbocycles. The van der Waals surface area contributed by atoms with Gasteiger partial charge in [0, 0.05) is 23.8 Å². The summed E-state index contributed by atoms with van der Waals surface area (Å²) in [5.41, 5.74) is -4.83. The van der Waals surface area contributed by atoms with E-state index in [1.807, 2.05) is 5.32 Å². The van der Waals surface area contributed by atoms with Crippen LogP contribution in [0, 0.1) is 0 Å². The third-order valence-corrected chi connectivity index (χ3v) is 4.25. The van der Waals surface area contributed by atoms with Crippen molar-refractivity contribution in [3.63, 3.8) is 0 Å². The van der Waals surface area contributed by atoms with Crippen molar-refractivity contribution < 1.29 is 31.1 Å². The van der Waals surface area contributed by atoms with Crippen molar-refractivity contribution in [2.45, 2.75) is 25.8 Å². The van der Waals surface area contributed by atoms with Gasteiger partial charge in [0.15, 0.2) is 0 Å². The Morgan fingerprint density at radius 1 is 1.03 bits per heavy atom. The van der Waals surface area contributed by atoms with Gasteiger partial charge in [0.2, 0.25) is 0 Å². The summed E-state index contributed by atoms with van der Waals surface area (Å²) in [6.45, 7) is 1.77. The van der Waals surface area contributed by atoms with Gasteiger partial charge in [0.05, 0.1) is 11.1 Å². The van der Waals surface area contributed by atoms with Crippen LogP contribution >= 0.6 is 0 Å². The first-order valence-corrected chi connectivity index (χ1v) is 8.51. The van der Waals surface area contributed by atoms with Crippen LogP contribution in [0.15, 0.2) is 47.4 Å². The van der Waals surface area contributed by atoms with Gasteiger partial charge < -0.3 is 5.32 Å². The zero-order chi connectivity index (χ0) is 22.3. The predicted molar refractivity (Wildman–Crippen MR) is 96.1 cm³/mol. The topological polar surface area (TPSA) is 64.0 Å². The number of halogens is 6. The molecule has 1 amide bonds. The summed E-state index contributed by atoms with van der Waals surface area (Å²) >= 11 is 0. The Morgan fingerprint density at radius 3 is 2.17 bits per heavy atom. The van der Waals surface area contributed by atoms with E-state index in [-0.39, 0.29) is 12.6 Å². The van der Waals surface area contributed by atoms with E-state index in [2.05, 4.69) is 4.98 Å². The second-order valence-electron chi connectivity index (χ2n) is 6.27. The van der Waals surface area contributed by atoms with Crippen LogP contribution in [0.1, 0.15) is 28.4 Å². The van der Waals surface area contributed by atoms with E-state index in [1.165, 1.54) is 16.8 Å². The van der Waals surface area contributed by atoms with Crippen LogP contribution in [-0.4, -0.2) is 15.5 Å². The average Bonchev–Trinajstić information content (AvgIpc) is 2.66. The highest BCUT2D eigenvalue weighted by atomic mass is 19.4. The lowest BCUT2D eigenvalue weighted by atomic mass is 10.1. The maximum absolute atomic E-state index is 13.0. The molecule has 0 aliphatic rings. The first-order chi connectivity index (χ1) is 13.9. The Morgan fingerprint density at radius 2 is 1.63 bits per heavy atom. The Bertz CT molecular complexity index is 1150. The molecule has 2 aromatic heterocycles. The minimum Gasteiger partial charge on any atom is -0.322 e. The van der Waals surface area contributed by atoms with E-state index in [0.717, 1.165) is 0 Å². The molecule has 2 heterocycles. The molecule has 0 aliphatic heterocycles. The first kappa shape index (κ1) is 21.3. The highest BCUT2D eigenvalue weighted by molar-refractivity contribution is 6.05. The van der Waals surface area contributed by atoms with Crippen molar-refractivity contribution in [3.8, 4) is 0 Å². The van der Waals surface area contributed by atoms with Crippen molar-refractivity contribution in [3.05, 3.63) is 69.6 Å². The molecule has 0 fully saturated rings. The maximum atomic E-state index is 13.0. The van der Waals surface area contributed by atoms with Crippen LogP contribution in [0.3, 0.4) is 0 Å². The molecule has 0 atom stereocenters. The van der Waals surface area contributed by atoms with Crippen LogP contribution in [0.2, 0.25) is 0 Å². The molecule has 0 aliphatic carbocycles. The van der Waals surface area contributed by atoms with E-state index < -0.39 is 46.2 Å². The minimum atomic E-state index is -5.07. The van der Waals surface area contributed by atoms with Crippen LogP contribution in [0.5, 0.6) is 0 Å². The Labute approximate surface area is 165 Å². The van der Waals surface area contributed by atoms with Crippen molar-refractivity contribution in [2.24, 2.45) is 0 Å². The molecule has 158 valence electrons. The number of rotatable bonds is 3. The van der Waals surface area contributed by atoms with Gasteiger partial charge in [-0.1, -0.05) is 0 Å².